The zero-order valence-electron chi connectivity index (χ0n) is 33.6. The summed E-state index contributed by atoms with van der Waals surface area (Å²) in [5.41, 5.74) is 12.6. The highest BCUT2D eigenvalue weighted by Gasteiger charge is 2.22. The van der Waals surface area contributed by atoms with Gasteiger partial charge in [-0.05, 0) is 76.3 Å². The van der Waals surface area contributed by atoms with Crippen molar-refractivity contribution in [2.24, 2.45) is 0 Å². The van der Waals surface area contributed by atoms with E-state index in [1.165, 1.54) is 20.2 Å². The van der Waals surface area contributed by atoms with Crippen LogP contribution in [0, 0.1) is 0 Å². The highest BCUT2D eigenvalue weighted by Crippen LogP contribution is 2.46. The Morgan fingerprint density at radius 1 is 0.302 bits per heavy atom. The molecule has 13 aromatic rings. The number of furan rings is 2. The topological polar surface area (TPSA) is 65.0 Å². The van der Waals surface area contributed by atoms with Crippen molar-refractivity contribution in [2.45, 2.75) is 0 Å². The summed E-state index contributed by atoms with van der Waals surface area (Å²) in [4.78, 5) is 15.5. The van der Waals surface area contributed by atoms with E-state index in [0.29, 0.717) is 17.5 Å². The van der Waals surface area contributed by atoms with Crippen LogP contribution in [0.1, 0.15) is 0 Å². The highest BCUT2D eigenvalue weighted by atomic mass is 32.1. The van der Waals surface area contributed by atoms with Crippen LogP contribution in [-0.4, -0.2) is 15.0 Å². The molecule has 0 radical (unpaired) electrons. The average molecular weight is 824 g/mol. The van der Waals surface area contributed by atoms with Crippen molar-refractivity contribution in [3.8, 4) is 67.5 Å². The van der Waals surface area contributed by atoms with Crippen molar-refractivity contribution in [3.63, 3.8) is 0 Å². The average Bonchev–Trinajstić information content (AvgIpc) is 4.05. The lowest BCUT2D eigenvalue weighted by molar-refractivity contribution is 0.669. The van der Waals surface area contributed by atoms with Gasteiger partial charge in [-0.1, -0.05) is 152 Å². The Balaban J connectivity index is 1.04. The smallest absolute Gasteiger partial charge is 0.164 e. The van der Waals surface area contributed by atoms with Gasteiger partial charge in [-0.2, -0.15) is 0 Å². The third kappa shape index (κ3) is 5.87. The van der Waals surface area contributed by atoms with Crippen molar-refractivity contribution in [1.29, 1.82) is 0 Å². The first kappa shape index (κ1) is 35.6. The van der Waals surface area contributed by atoms with Gasteiger partial charge in [-0.25, -0.2) is 15.0 Å². The molecule has 0 aliphatic heterocycles. The molecule has 6 heteroatoms. The first-order valence-corrected chi connectivity index (χ1v) is 21.8. The molecule has 9 aromatic carbocycles. The van der Waals surface area contributed by atoms with Crippen LogP contribution in [-0.2, 0) is 0 Å². The summed E-state index contributed by atoms with van der Waals surface area (Å²) in [6, 6.07) is 69.8. The predicted molar refractivity (Wildman–Crippen MR) is 260 cm³/mol. The van der Waals surface area contributed by atoms with Gasteiger partial charge in [0.25, 0.3) is 0 Å². The third-order valence-electron chi connectivity index (χ3n) is 12.2. The summed E-state index contributed by atoms with van der Waals surface area (Å²) in [6.07, 6.45) is 0. The van der Waals surface area contributed by atoms with Crippen molar-refractivity contribution in [3.05, 3.63) is 200 Å². The number of thiophene rings is 1. The van der Waals surface area contributed by atoms with E-state index < -0.39 is 0 Å². The van der Waals surface area contributed by atoms with E-state index in [-0.39, 0.29) is 0 Å². The van der Waals surface area contributed by atoms with Crippen molar-refractivity contribution >= 4 is 75.4 Å². The molecule has 0 aliphatic carbocycles. The maximum Gasteiger partial charge on any atom is 0.164 e. The van der Waals surface area contributed by atoms with Crippen LogP contribution in [0.15, 0.2) is 209 Å². The van der Waals surface area contributed by atoms with Gasteiger partial charge >= 0.3 is 0 Å². The lowest BCUT2D eigenvalue weighted by Gasteiger charge is -2.13. The van der Waals surface area contributed by atoms with E-state index in [9.17, 15) is 0 Å². The van der Waals surface area contributed by atoms with E-state index in [2.05, 4.69) is 140 Å². The summed E-state index contributed by atoms with van der Waals surface area (Å²) in [6.45, 7) is 0. The molecular formula is C57H33N3O2S. The van der Waals surface area contributed by atoms with Gasteiger partial charge in [-0.3, -0.25) is 0 Å². The van der Waals surface area contributed by atoms with Crippen LogP contribution in [0.2, 0.25) is 0 Å². The molecule has 4 aromatic heterocycles. The number of nitrogens with zero attached hydrogens (tertiary/aromatic N) is 3. The number of aromatic nitrogens is 3. The molecule has 0 atom stereocenters. The van der Waals surface area contributed by atoms with Crippen LogP contribution in [0.25, 0.3) is 132 Å². The minimum Gasteiger partial charge on any atom is -0.456 e. The molecule has 0 N–H and O–H groups in total. The summed E-state index contributed by atoms with van der Waals surface area (Å²) in [5, 5.41) is 6.64. The monoisotopic (exact) mass is 823 g/mol. The van der Waals surface area contributed by atoms with Gasteiger partial charge in [-0.15, -0.1) is 11.3 Å². The Bertz CT molecular complexity index is 3920. The summed E-state index contributed by atoms with van der Waals surface area (Å²) in [5.74, 6) is 1.77. The minimum atomic E-state index is 0.572. The van der Waals surface area contributed by atoms with E-state index >= 15 is 0 Å². The largest absolute Gasteiger partial charge is 0.456 e. The summed E-state index contributed by atoms with van der Waals surface area (Å²) < 4.78 is 15.7. The number of rotatable bonds is 6. The number of para-hydroxylation sites is 1. The Morgan fingerprint density at radius 2 is 0.905 bits per heavy atom. The highest BCUT2D eigenvalue weighted by molar-refractivity contribution is 7.25. The fraction of sp³-hybridized carbons (Fsp3) is 0. The van der Waals surface area contributed by atoms with Gasteiger partial charge in [0.05, 0.1) is 0 Å². The Morgan fingerprint density at radius 3 is 1.76 bits per heavy atom. The number of hydrogen-bond acceptors (Lipinski definition) is 6. The molecule has 0 amide bonds. The van der Waals surface area contributed by atoms with Gasteiger partial charge in [0.1, 0.15) is 22.3 Å². The van der Waals surface area contributed by atoms with Crippen molar-refractivity contribution < 1.29 is 8.83 Å². The lowest BCUT2D eigenvalue weighted by Crippen LogP contribution is -2.00. The van der Waals surface area contributed by atoms with Crippen LogP contribution >= 0.6 is 11.3 Å². The molecule has 0 saturated carbocycles. The summed E-state index contributed by atoms with van der Waals surface area (Å²) >= 11 is 1.84. The standard InChI is InChI=1S/C57H33N3O2S/c1-3-13-34(14-4-1)36-17-11-18-39(31-36)56-58-55(35-15-5-2-6-16-35)59-57(60-56)44-21-12-23-48-53(44)45-32-38(26-29-47(45)62-48)52-40(28-30-49-54(52)43-20-7-9-22-46(43)61-49)37-25-27-42-41-19-8-10-24-50(41)63-51(42)33-37/h1-33H. The second-order valence-electron chi connectivity index (χ2n) is 15.9. The van der Waals surface area contributed by atoms with Gasteiger partial charge in [0.15, 0.2) is 17.5 Å². The van der Waals surface area contributed by atoms with Gasteiger partial charge < -0.3 is 8.83 Å². The Labute approximate surface area is 365 Å². The van der Waals surface area contributed by atoms with E-state index in [1.54, 1.807) is 0 Å². The number of fused-ring (bicyclic) bond motifs is 9. The molecule has 0 fully saturated rings. The van der Waals surface area contributed by atoms with E-state index in [1.807, 2.05) is 72.0 Å². The van der Waals surface area contributed by atoms with Crippen LogP contribution in [0.5, 0.6) is 0 Å². The molecule has 13 rings (SSSR count). The zero-order chi connectivity index (χ0) is 41.4. The molecule has 294 valence electrons. The molecule has 63 heavy (non-hydrogen) atoms. The number of benzene rings is 9. The fourth-order valence-corrected chi connectivity index (χ4v) is 10.4. The van der Waals surface area contributed by atoms with Crippen LogP contribution < -0.4 is 0 Å². The van der Waals surface area contributed by atoms with Gasteiger partial charge in [0.2, 0.25) is 0 Å². The first-order valence-electron chi connectivity index (χ1n) is 21.0. The lowest BCUT2D eigenvalue weighted by atomic mass is 9.89. The van der Waals surface area contributed by atoms with E-state index in [4.69, 9.17) is 23.8 Å². The zero-order valence-corrected chi connectivity index (χ0v) is 34.4. The quantitative estimate of drug-likeness (QED) is 0.167. The molecule has 4 heterocycles. The van der Waals surface area contributed by atoms with E-state index in [0.717, 1.165) is 93.9 Å². The SMILES string of the molecule is c1ccc(-c2cccc(-c3nc(-c4ccccc4)nc(-c4cccc5oc6ccc(-c7c(-c8ccc9c(c8)sc8ccccc89)ccc8oc9ccccc9c78)cc6c45)n3)c2)cc1. The second kappa shape index (κ2) is 14.2. The van der Waals surface area contributed by atoms with Crippen molar-refractivity contribution in [1.82, 2.24) is 15.0 Å². The fourth-order valence-electron chi connectivity index (χ4n) is 9.23. The molecule has 0 unspecified atom stereocenters. The normalized spacial score (nSPS) is 11.8. The minimum absolute atomic E-state index is 0.572. The number of hydrogen-bond donors (Lipinski definition) is 0. The maximum absolute atomic E-state index is 6.65. The molecule has 0 bridgehead atoms. The third-order valence-corrected chi connectivity index (χ3v) is 13.3. The molecule has 0 aliphatic rings. The second-order valence-corrected chi connectivity index (χ2v) is 17.0. The van der Waals surface area contributed by atoms with Crippen LogP contribution in [0.3, 0.4) is 0 Å². The van der Waals surface area contributed by atoms with Crippen molar-refractivity contribution in [2.75, 3.05) is 0 Å². The molecule has 5 nitrogen and oxygen atoms in total. The van der Waals surface area contributed by atoms with Crippen LogP contribution in [0.4, 0.5) is 0 Å². The Hall–Kier alpha value is -8.19. The predicted octanol–water partition coefficient (Wildman–Crippen LogP) is 16.0. The molecule has 0 spiro atoms. The molecule has 0 saturated heterocycles. The first-order chi connectivity index (χ1) is 31.2. The molecular weight excluding hydrogens is 791 g/mol. The maximum atomic E-state index is 6.65. The van der Waals surface area contributed by atoms with Gasteiger partial charge in [0, 0.05) is 64.0 Å². The summed E-state index contributed by atoms with van der Waals surface area (Å²) in [7, 11) is 0. The Kier molecular flexibility index (Phi) is 8.01.